The van der Waals surface area contributed by atoms with Gasteiger partial charge in [-0.25, -0.2) is 0 Å². The van der Waals surface area contributed by atoms with E-state index < -0.39 is 12.2 Å². The number of rotatable bonds is 0. The van der Waals surface area contributed by atoms with Gasteiger partial charge in [-0.3, -0.25) is 9.59 Å². The van der Waals surface area contributed by atoms with E-state index in [-0.39, 0.29) is 36.9 Å². The van der Waals surface area contributed by atoms with Gasteiger partial charge in [0.25, 0.3) is 0 Å². The number of hydrogen-bond acceptors (Lipinski definition) is 6. The highest BCUT2D eigenvalue weighted by Crippen LogP contribution is 2.36. The number of carbonyl (C=O) groups is 2. The van der Waals surface area contributed by atoms with Crippen molar-refractivity contribution in [2.75, 3.05) is 26.2 Å². The number of benzene rings is 1. The Morgan fingerprint density at radius 1 is 1.26 bits per heavy atom. The fraction of sp³-hybridized carbons (Fsp3) is 0.579. The molecule has 146 valence electrons. The van der Waals surface area contributed by atoms with E-state index in [9.17, 15) is 14.7 Å². The molecule has 0 saturated carbocycles. The first-order chi connectivity index (χ1) is 13.0. The maximum absolute atomic E-state index is 12.6. The van der Waals surface area contributed by atoms with E-state index in [1.54, 1.807) is 0 Å². The molecule has 0 unspecified atom stereocenters. The summed E-state index contributed by atoms with van der Waals surface area (Å²) in [6.07, 6.45) is -0.490. The molecule has 3 heterocycles. The number of nitrogens with zero attached hydrogens (tertiary/aromatic N) is 1. The quantitative estimate of drug-likeness (QED) is 0.589. The van der Waals surface area contributed by atoms with Gasteiger partial charge in [-0.15, -0.1) is 0 Å². The van der Waals surface area contributed by atoms with Crippen molar-refractivity contribution in [3.8, 4) is 5.75 Å². The lowest BCUT2D eigenvalue weighted by atomic mass is 9.76. The van der Waals surface area contributed by atoms with Crippen molar-refractivity contribution in [2.45, 2.75) is 31.6 Å². The standard InChI is InChI=1S/C19H23BrN2O5/c20-13-1-2-16-12(5-13)7-21-8-17(24)22-4-3-11-6-18(25)27-19(14(11)9-22)15(23)10-26-16/h1-2,5,11,14-15,19,21,23H,3-4,6-10H2/t11-,14+,15-,19+/m0/s1. The van der Waals surface area contributed by atoms with Crippen molar-refractivity contribution in [1.82, 2.24) is 10.2 Å². The Kier molecular flexibility index (Phi) is 5.39. The Bertz CT molecular complexity index is 743. The van der Waals surface area contributed by atoms with E-state index in [2.05, 4.69) is 21.2 Å². The maximum Gasteiger partial charge on any atom is 0.306 e. The van der Waals surface area contributed by atoms with Crippen LogP contribution in [0.4, 0.5) is 0 Å². The zero-order valence-electron chi connectivity index (χ0n) is 14.9. The predicted octanol–water partition coefficient (Wildman–Crippen LogP) is 1.07. The lowest BCUT2D eigenvalue weighted by Gasteiger charge is -2.45. The topological polar surface area (TPSA) is 88.1 Å². The second-order valence-corrected chi connectivity index (χ2v) is 8.36. The molecule has 0 radical (unpaired) electrons. The number of fused-ring (bicyclic) bond motifs is 2. The van der Waals surface area contributed by atoms with E-state index >= 15 is 0 Å². The third-order valence-corrected chi connectivity index (χ3v) is 6.17. The molecule has 2 fully saturated rings. The zero-order chi connectivity index (χ0) is 19.0. The van der Waals surface area contributed by atoms with Gasteiger partial charge in [-0.05, 0) is 30.5 Å². The van der Waals surface area contributed by atoms with Crippen molar-refractivity contribution in [3.63, 3.8) is 0 Å². The summed E-state index contributed by atoms with van der Waals surface area (Å²) in [5, 5.41) is 13.9. The highest BCUT2D eigenvalue weighted by Gasteiger charge is 2.45. The van der Waals surface area contributed by atoms with Crippen LogP contribution in [0.5, 0.6) is 5.75 Å². The fourth-order valence-electron chi connectivity index (χ4n) is 4.26. The van der Waals surface area contributed by atoms with Gasteiger partial charge in [0.05, 0.1) is 6.54 Å². The summed E-state index contributed by atoms with van der Waals surface area (Å²) in [5.41, 5.74) is 0.889. The number of esters is 1. The highest BCUT2D eigenvalue weighted by molar-refractivity contribution is 9.10. The fourth-order valence-corrected chi connectivity index (χ4v) is 4.67. The first kappa shape index (κ1) is 18.7. The number of piperidine rings is 1. The van der Waals surface area contributed by atoms with Gasteiger partial charge in [0, 0.05) is 42.0 Å². The summed E-state index contributed by atoms with van der Waals surface area (Å²) in [7, 11) is 0. The molecule has 1 aromatic carbocycles. The molecular weight excluding hydrogens is 416 g/mol. The maximum atomic E-state index is 12.6. The number of halogens is 1. The summed E-state index contributed by atoms with van der Waals surface area (Å²) < 4.78 is 12.3. The van der Waals surface area contributed by atoms with Crippen LogP contribution in [0.3, 0.4) is 0 Å². The molecule has 0 spiro atoms. The summed E-state index contributed by atoms with van der Waals surface area (Å²) in [5.74, 6) is 0.449. The second-order valence-electron chi connectivity index (χ2n) is 7.44. The molecule has 2 bridgehead atoms. The van der Waals surface area contributed by atoms with E-state index in [0.717, 1.165) is 16.5 Å². The third-order valence-electron chi connectivity index (χ3n) is 5.68. The first-order valence-corrected chi connectivity index (χ1v) is 10.1. The smallest absolute Gasteiger partial charge is 0.306 e. The van der Waals surface area contributed by atoms with Crippen molar-refractivity contribution in [3.05, 3.63) is 28.2 Å². The SMILES string of the molecule is O=C1C[C@@H]2CCN3C[C@H]2[C@@H](O1)[C@@H](O)COc1ccc(Br)cc1CNCC3=O. The molecule has 1 amide bonds. The van der Waals surface area contributed by atoms with E-state index in [1.807, 2.05) is 23.1 Å². The molecule has 0 aromatic heterocycles. The minimum Gasteiger partial charge on any atom is -0.490 e. The molecule has 4 atom stereocenters. The zero-order valence-corrected chi connectivity index (χ0v) is 16.5. The van der Waals surface area contributed by atoms with Crippen molar-refractivity contribution in [1.29, 1.82) is 0 Å². The number of aliphatic hydroxyl groups is 1. The number of carbonyl (C=O) groups excluding carboxylic acids is 2. The van der Waals surface area contributed by atoms with Crippen LogP contribution in [0.2, 0.25) is 0 Å². The third kappa shape index (κ3) is 3.97. The number of nitrogens with one attached hydrogen (secondary N) is 1. The van der Waals surface area contributed by atoms with Gasteiger partial charge in [0.1, 0.15) is 24.6 Å². The van der Waals surface area contributed by atoms with Crippen molar-refractivity contribution in [2.24, 2.45) is 11.8 Å². The Morgan fingerprint density at radius 3 is 2.96 bits per heavy atom. The van der Waals surface area contributed by atoms with Crippen LogP contribution in [0, 0.1) is 11.8 Å². The average molecular weight is 439 g/mol. The molecule has 27 heavy (non-hydrogen) atoms. The Morgan fingerprint density at radius 2 is 2.11 bits per heavy atom. The van der Waals surface area contributed by atoms with Crippen LogP contribution >= 0.6 is 15.9 Å². The molecule has 8 heteroatoms. The molecule has 3 aliphatic rings. The Hall–Kier alpha value is -1.64. The van der Waals surface area contributed by atoms with E-state index in [4.69, 9.17) is 9.47 Å². The van der Waals surface area contributed by atoms with Gasteiger partial charge >= 0.3 is 5.97 Å². The molecule has 0 aliphatic carbocycles. The Balaban J connectivity index is 1.62. The van der Waals surface area contributed by atoms with Gasteiger partial charge in [0.2, 0.25) is 5.91 Å². The van der Waals surface area contributed by atoms with E-state index in [0.29, 0.717) is 31.8 Å². The van der Waals surface area contributed by atoms with Gasteiger partial charge in [0.15, 0.2) is 0 Å². The van der Waals surface area contributed by atoms with Crippen molar-refractivity contribution >= 4 is 27.8 Å². The average Bonchev–Trinajstić information content (AvgIpc) is 2.66. The number of aliphatic hydroxyl groups excluding tert-OH is 1. The van der Waals surface area contributed by atoms with Crippen LogP contribution in [0.25, 0.3) is 0 Å². The molecule has 7 nitrogen and oxygen atoms in total. The number of ether oxygens (including phenoxy) is 2. The minimum absolute atomic E-state index is 0.0234. The minimum atomic E-state index is -0.943. The van der Waals surface area contributed by atoms with Gasteiger partial charge in [-0.1, -0.05) is 15.9 Å². The summed E-state index contributed by atoms with van der Waals surface area (Å²) >= 11 is 3.45. The largest absolute Gasteiger partial charge is 0.490 e. The van der Waals surface area contributed by atoms with Crippen LogP contribution in [-0.4, -0.2) is 60.3 Å². The lowest BCUT2D eigenvalue weighted by Crippen LogP contribution is -2.56. The van der Waals surface area contributed by atoms with Crippen LogP contribution in [0.15, 0.2) is 22.7 Å². The second kappa shape index (κ2) is 7.77. The summed E-state index contributed by atoms with van der Waals surface area (Å²) in [4.78, 5) is 26.4. The molecule has 2 saturated heterocycles. The molecule has 1 aromatic rings. The number of hydrogen-bond donors (Lipinski definition) is 2. The molecular formula is C19H23BrN2O5. The van der Waals surface area contributed by atoms with Crippen LogP contribution in [-0.2, 0) is 20.9 Å². The van der Waals surface area contributed by atoms with Gasteiger partial charge < -0.3 is 24.8 Å². The first-order valence-electron chi connectivity index (χ1n) is 9.28. The van der Waals surface area contributed by atoms with E-state index in [1.165, 1.54) is 0 Å². The normalized spacial score (nSPS) is 31.6. The Labute approximate surface area is 166 Å². The number of amides is 1. The molecule has 3 aliphatic heterocycles. The molecule has 2 N–H and O–H groups in total. The summed E-state index contributed by atoms with van der Waals surface area (Å²) in [6.45, 7) is 1.88. The summed E-state index contributed by atoms with van der Waals surface area (Å²) in [6, 6.07) is 5.62. The predicted molar refractivity (Wildman–Crippen MR) is 100 cm³/mol. The van der Waals surface area contributed by atoms with Crippen LogP contribution in [0.1, 0.15) is 18.4 Å². The van der Waals surface area contributed by atoms with Crippen molar-refractivity contribution < 1.29 is 24.2 Å². The molecule has 4 rings (SSSR count). The van der Waals surface area contributed by atoms with Crippen LogP contribution < -0.4 is 10.1 Å². The lowest BCUT2D eigenvalue weighted by molar-refractivity contribution is -0.181. The highest BCUT2D eigenvalue weighted by atomic mass is 79.9. The monoisotopic (exact) mass is 438 g/mol. The van der Waals surface area contributed by atoms with Gasteiger partial charge in [-0.2, -0.15) is 0 Å².